The van der Waals surface area contributed by atoms with Gasteiger partial charge in [0, 0.05) is 12.7 Å². The lowest BCUT2D eigenvalue weighted by Crippen LogP contribution is -2.32. The number of carbonyl (C=O) groups is 2. The minimum Gasteiger partial charge on any atom is -0.481 e. The van der Waals surface area contributed by atoms with Gasteiger partial charge in [0.1, 0.15) is 5.82 Å². The van der Waals surface area contributed by atoms with E-state index < -0.39 is 11.4 Å². The van der Waals surface area contributed by atoms with Crippen LogP contribution < -0.4 is 5.32 Å². The van der Waals surface area contributed by atoms with E-state index in [0.717, 1.165) is 0 Å². The van der Waals surface area contributed by atoms with Crippen LogP contribution in [0.1, 0.15) is 36.3 Å². The van der Waals surface area contributed by atoms with E-state index in [1.165, 1.54) is 16.8 Å². The van der Waals surface area contributed by atoms with Crippen LogP contribution in [-0.2, 0) is 4.79 Å². The molecule has 128 valence electrons. The molecule has 0 saturated carbocycles. The van der Waals surface area contributed by atoms with Gasteiger partial charge in [-0.25, -0.2) is 9.07 Å². The van der Waals surface area contributed by atoms with Gasteiger partial charge in [-0.3, -0.25) is 9.59 Å². The molecular formula is C17H20FN3O3. The molecule has 1 aromatic heterocycles. The molecule has 0 radical (unpaired) electrons. The summed E-state index contributed by atoms with van der Waals surface area (Å²) in [5.41, 5.74) is 0.695. The number of benzene rings is 1. The molecule has 0 atom stereocenters. The number of nitrogens with zero attached hydrogens (tertiary/aromatic N) is 2. The highest BCUT2D eigenvalue weighted by molar-refractivity contribution is 5.92. The van der Waals surface area contributed by atoms with Crippen molar-refractivity contribution in [2.24, 2.45) is 5.41 Å². The highest BCUT2D eigenvalue weighted by Crippen LogP contribution is 2.19. The molecular weight excluding hydrogens is 313 g/mol. The topological polar surface area (TPSA) is 84.2 Å². The summed E-state index contributed by atoms with van der Waals surface area (Å²) < 4.78 is 14.7. The standard InChI is InChI=1S/C17H20FN3O3/c1-11-10-12(18)4-5-14(11)21-9-6-13(20-21)15(22)19-8-7-17(2,3)16(23)24/h4-6,9-10H,7-8H2,1-3H3,(H,19,22)(H,23,24). The number of hydrogen-bond donors (Lipinski definition) is 2. The zero-order valence-corrected chi connectivity index (χ0v) is 13.8. The summed E-state index contributed by atoms with van der Waals surface area (Å²) in [4.78, 5) is 23.1. The third-order valence-corrected chi connectivity index (χ3v) is 3.84. The molecule has 0 saturated heterocycles. The van der Waals surface area contributed by atoms with E-state index in [-0.39, 0.29) is 24.0 Å². The van der Waals surface area contributed by atoms with Gasteiger partial charge in [-0.1, -0.05) is 0 Å². The van der Waals surface area contributed by atoms with Crippen molar-refractivity contribution in [1.29, 1.82) is 0 Å². The van der Waals surface area contributed by atoms with Gasteiger partial charge in [-0.2, -0.15) is 5.10 Å². The fourth-order valence-corrected chi connectivity index (χ4v) is 2.14. The van der Waals surface area contributed by atoms with Crippen LogP contribution in [0.15, 0.2) is 30.5 Å². The van der Waals surface area contributed by atoms with Crippen molar-refractivity contribution in [1.82, 2.24) is 15.1 Å². The van der Waals surface area contributed by atoms with Crippen LogP contribution in [0.3, 0.4) is 0 Å². The third kappa shape index (κ3) is 3.98. The normalized spacial score (nSPS) is 11.3. The van der Waals surface area contributed by atoms with E-state index in [2.05, 4.69) is 10.4 Å². The molecule has 2 rings (SSSR count). The van der Waals surface area contributed by atoms with Gasteiger partial charge in [-0.05, 0) is 57.0 Å². The van der Waals surface area contributed by atoms with Gasteiger partial charge < -0.3 is 10.4 Å². The molecule has 0 spiro atoms. The Bertz CT molecular complexity index is 768. The van der Waals surface area contributed by atoms with E-state index in [9.17, 15) is 14.0 Å². The molecule has 0 aliphatic heterocycles. The van der Waals surface area contributed by atoms with Crippen LogP contribution in [0.5, 0.6) is 0 Å². The first-order chi connectivity index (χ1) is 11.2. The molecule has 1 amide bonds. The van der Waals surface area contributed by atoms with Gasteiger partial charge in [-0.15, -0.1) is 0 Å². The Labute approximate surface area is 139 Å². The first-order valence-corrected chi connectivity index (χ1v) is 7.54. The molecule has 7 heteroatoms. The number of aliphatic carboxylic acids is 1. The molecule has 1 heterocycles. The maximum Gasteiger partial charge on any atom is 0.309 e. The van der Waals surface area contributed by atoms with E-state index in [1.54, 1.807) is 39.1 Å². The summed E-state index contributed by atoms with van der Waals surface area (Å²) in [5.74, 6) is -1.62. The Morgan fingerprint density at radius 1 is 1.33 bits per heavy atom. The number of halogens is 1. The van der Waals surface area contributed by atoms with Crippen molar-refractivity contribution >= 4 is 11.9 Å². The number of carbonyl (C=O) groups excluding carboxylic acids is 1. The summed E-state index contributed by atoms with van der Waals surface area (Å²) in [5, 5.41) is 15.9. The molecule has 24 heavy (non-hydrogen) atoms. The zero-order chi connectivity index (χ0) is 17.9. The average molecular weight is 333 g/mol. The third-order valence-electron chi connectivity index (χ3n) is 3.84. The fourth-order valence-electron chi connectivity index (χ4n) is 2.14. The second kappa shape index (κ2) is 6.82. The Balaban J connectivity index is 2.02. The fraction of sp³-hybridized carbons (Fsp3) is 0.353. The first kappa shape index (κ1) is 17.7. The number of nitrogens with one attached hydrogen (secondary N) is 1. The summed E-state index contributed by atoms with van der Waals surface area (Å²) in [6.07, 6.45) is 1.93. The van der Waals surface area contributed by atoms with Crippen molar-refractivity contribution in [2.45, 2.75) is 27.2 Å². The predicted molar refractivity (Wildman–Crippen MR) is 86.6 cm³/mol. The minimum absolute atomic E-state index is 0.215. The van der Waals surface area contributed by atoms with Crippen LogP contribution >= 0.6 is 0 Å². The Morgan fingerprint density at radius 3 is 2.67 bits per heavy atom. The van der Waals surface area contributed by atoms with Crippen molar-refractivity contribution in [3.8, 4) is 5.69 Å². The number of rotatable bonds is 6. The molecule has 0 fully saturated rings. The molecule has 2 aromatic rings. The Morgan fingerprint density at radius 2 is 2.04 bits per heavy atom. The van der Waals surface area contributed by atoms with Crippen LogP contribution in [0, 0.1) is 18.2 Å². The van der Waals surface area contributed by atoms with Crippen molar-refractivity contribution in [3.05, 3.63) is 47.5 Å². The number of hydrogen-bond acceptors (Lipinski definition) is 3. The quantitative estimate of drug-likeness (QED) is 0.851. The van der Waals surface area contributed by atoms with Crippen LogP contribution in [-0.4, -0.2) is 33.3 Å². The summed E-state index contributed by atoms with van der Waals surface area (Å²) in [7, 11) is 0. The number of carboxylic acid groups (broad SMARTS) is 1. The van der Waals surface area contributed by atoms with Crippen LogP contribution in [0.4, 0.5) is 4.39 Å². The number of aryl methyl sites for hydroxylation is 1. The molecule has 0 unspecified atom stereocenters. The van der Waals surface area contributed by atoms with E-state index in [4.69, 9.17) is 5.11 Å². The second-order valence-corrected chi connectivity index (χ2v) is 6.27. The van der Waals surface area contributed by atoms with Crippen molar-refractivity contribution < 1.29 is 19.1 Å². The first-order valence-electron chi connectivity index (χ1n) is 7.54. The predicted octanol–water partition coefficient (Wildman–Crippen LogP) is 2.55. The van der Waals surface area contributed by atoms with Gasteiger partial charge in [0.25, 0.3) is 5.91 Å². The molecule has 0 aliphatic carbocycles. The van der Waals surface area contributed by atoms with E-state index >= 15 is 0 Å². The lowest BCUT2D eigenvalue weighted by atomic mass is 9.90. The Hall–Kier alpha value is -2.70. The monoisotopic (exact) mass is 333 g/mol. The average Bonchev–Trinajstić information content (AvgIpc) is 2.96. The Kier molecular flexibility index (Phi) is 5.02. The van der Waals surface area contributed by atoms with Gasteiger partial charge in [0.2, 0.25) is 0 Å². The summed E-state index contributed by atoms with van der Waals surface area (Å²) in [6.45, 7) is 5.20. The number of carboxylic acids is 1. The number of aromatic nitrogens is 2. The van der Waals surface area contributed by atoms with Gasteiger partial charge in [0.15, 0.2) is 5.69 Å². The maximum atomic E-state index is 13.2. The summed E-state index contributed by atoms with van der Waals surface area (Å²) in [6, 6.07) is 5.87. The highest BCUT2D eigenvalue weighted by atomic mass is 19.1. The smallest absolute Gasteiger partial charge is 0.309 e. The minimum atomic E-state index is -0.909. The molecule has 0 bridgehead atoms. The maximum absolute atomic E-state index is 13.2. The zero-order valence-electron chi connectivity index (χ0n) is 13.8. The number of amides is 1. The summed E-state index contributed by atoms with van der Waals surface area (Å²) >= 11 is 0. The highest BCUT2D eigenvalue weighted by Gasteiger charge is 2.26. The van der Waals surface area contributed by atoms with Crippen LogP contribution in [0.2, 0.25) is 0 Å². The van der Waals surface area contributed by atoms with Gasteiger partial charge >= 0.3 is 5.97 Å². The lowest BCUT2D eigenvalue weighted by molar-refractivity contribution is -0.147. The molecule has 0 aliphatic rings. The molecule has 2 N–H and O–H groups in total. The van der Waals surface area contributed by atoms with Crippen molar-refractivity contribution in [3.63, 3.8) is 0 Å². The second-order valence-electron chi connectivity index (χ2n) is 6.27. The van der Waals surface area contributed by atoms with Crippen LogP contribution in [0.25, 0.3) is 5.69 Å². The SMILES string of the molecule is Cc1cc(F)ccc1-n1ccc(C(=O)NCCC(C)(C)C(=O)O)n1. The largest absolute Gasteiger partial charge is 0.481 e. The molecule has 1 aromatic carbocycles. The van der Waals surface area contributed by atoms with Gasteiger partial charge in [0.05, 0.1) is 11.1 Å². The van der Waals surface area contributed by atoms with Crippen molar-refractivity contribution in [2.75, 3.05) is 6.54 Å². The van der Waals surface area contributed by atoms with E-state index in [1.807, 2.05) is 0 Å². The lowest BCUT2D eigenvalue weighted by Gasteiger charge is -2.18. The molecule has 6 nitrogen and oxygen atoms in total. The van der Waals surface area contributed by atoms with E-state index in [0.29, 0.717) is 17.7 Å².